The summed E-state index contributed by atoms with van der Waals surface area (Å²) in [5.74, 6) is -0.403. The van der Waals surface area contributed by atoms with Crippen molar-refractivity contribution >= 4 is 23.5 Å². The predicted molar refractivity (Wildman–Crippen MR) is 83.3 cm³/mol. The number of carbonyl (C=O) groups is 2. The Morgan fingerprint density at radius 1 is 1.18 bits per heavy atom. The molecule has 1 aromatic rings. The number of methoxy groups -OCH3 is 1. The third-order valence-corrected chi connectivity index (χ3v) is 3.90. The predicted octanol–water partition coefficient (Wildman–Crippen LogP) is 2.91. The lowest BCUT2D eigenvalue weighted by Crippen LogP contribution is -2.35. The van der Waals surface area contributed by atoms with Gasteiger partial charge in [-0.15, -0.1) is 0 Å². The Labute approximate surface area is 135 Å². The number of rotatable bonds is 4. The Morgan fingerprint density at radius 2 is 1.86 bits per heavy atom. The minimum absolute atomic E-state index is 0.150. The van der Waals surface area contributed by atoms with Crippen LogP contribution in [0.2, 0.25) is 5.02 Å². The van der Waals surface area contributed by atoms with Crippen molar-refractivity contribution in [2.24, 2.45) is 0 Å². The first-order valence-electron chi connectivity index (χ1n) is 7.40. The smallest absolute Gasteiger partial charge is 0.342 e. The fraction of sp³-hybridized carbons (Fsp3) is 0.500. The van der Waals surface area contributed by atoms with Crippen LogP contribution in [-0.4, -0.2) is 43.6 Å². The molecule has 0 aromatic heterocycles. The Kier molecular flexibility index (Phi) is 6.07. The molecule has 1 aromatic carbocycles. The normalized spacial score (nSPS) is 15.1. The van der Waals surface area contributed by atoms with E-state index in [0.29, 0.717) is 10.8 Å². The van der Waals surface area contributed by atoms with Crippen molar-refractivity contribution in [3.05, 3.63) is 28.8 Å². The SMILES string of the molecule is COc1cc(Cl)ccc1C(=O)OCC(=O)N1CCCCCC1. The van der Waals surface area contributed by atoms with Gasteiger partial charge >= 0.3 is 5.97 Å². The van der Waals surface area contributed by atoms with Crippen molar-refractivity contribution in [3.63, 3.8) is 0 Å². The summed E-state index contributed by atoms with van der Waals surface area (Å²) < 4.78 is 10.2. The number of hydrogen-bond donors (Lipinski definition) is 0. The van der Waals surface area contributed by atoms with Gasteiger partial charge in [-0.3, -0.25) is 4.79 Å². The lowest BCUT2D eigenvalue weighted by atomic mass is 10.2. The first kappa shape index (κ1) is 16.6. The highest BCUT2D eigenvalue weighted by molar-refractivity contribution is 6.30. The largest absolute Gasteiger partial charge is 0.496 e. The zero-order chi connectivity index (χ0) is 15.9. The van der Waals surface area contributed by atoms with Gasteiger partial charge in [-0.25, -0.2) is 4.79 Å². The van der Waals surface area contributed by atoms with Crippen LogP contribution in [-0.2, 0) is 9.53 Å². The molecule has 1 heterocycles. The molecule has 0 spiro atoms. The van der Waals surface area contributed by atoms with Gasteiger partial charge in [0.25, 0.3) is 5.91 Å². The number of carbonyl (C=O) groups excluding carboxylic acids is 2. The molecule has 0 atom stereocenters. The average molecular weight is 326 g/mol. The molecule has 1 fully saturated rings. The van der Waals surface area contributed by atoms with E-state index in [9.17, 15) is 9.59 Å². The maximum atomic E-state index is 12.1. The van der Waals surface area contributed by atoms with Gasteiger partial charge in [-0.1, -0.05) is 24.4 Å². The molecule has 0 bridgehead atoms. The van der Waals surface area contributed by atoms with Crippen LogP contribution in [0.1, 0.15) is 36.0 Å². The fourth-order valence-corrected chi connectivity index (χ4v) is 2.61. The van der Waals surface area contributed by atoms with Crippen molar-refractivity contribution in [3.8, 4) is 5.75 Å². The van der Waals surface area contributed by atoms with Crippen LogP contribution in [0.5, 0.6) is 5.75 Å². The van der Waals surface area contributed by atoms with E-state index < -0.39 is 5.97 Å². The summed E-state index contributed by atoms with van der Waals surface area (Å²) in [4.78, 5) is 25.9. The highest BCUT2D eigenvalue weighted by Gasteiger charge is 2.19. The van der Waals surface area contributed by atoms with Crippen LogP contribution in [0, 0.1) is 0 Å². The Bertz CT molecular complexity index is 539. The van der Waals surface area contributed by atoms with Gasteiger partial charge in [-0.05, 0) is 31.0 Å². The molecule has 0 unspecified atom stereocenters. The molecule has 6 heteroatoms. The van der Waals surface area contributed by atoms with Crippen molar-refractivity contribution in [2.75, 3.05) is 26.8 Å². The number of hydrogen-bond acceptors (Lipinski definition) is 4. The van der Waals surface area contributed by atoms with Crippen LogP contribution < -0.4 is 4.74 Å². The number of halogens is 1. The zero-order valence-corrected chi connectivity index (χ0v) is 13.4. The van der Waals surface area contributed by atoms with E-state index in [1.165, 1.54) is 19.2 Å². The van der Waals surface area contributed by atoms with Crippen LogP contribution in [0.25, 0.3) is 0 Å². The molecule has 0 N–H and O–H groups in total. The molecule has 2 rings (SSSR count). The van der Waals surface area contributed by atoms with E-state index >= 15 is 0 Å². The molecule has 1 amide bonds. The highest BCUT2D eigenvalue weighted by Crippen LogP contribution is 2.23. The molecule has 1 aliphatic rings. The minimum atomic E-state index is -0.586. The standard InChI is InChI=1S/C16H20ClNO4/c1-21-14-10-12(17)6-7-13(14)16(20)22-11-15(19)18-8-4-2-3-5-9-18/h6-7,10H,2-5,8-9,11H2,1H3. The van der Waals surface area contributed by atoms with Crippen LogP contribution in [0.4, 0.5) is 0 Å². The van der Waals surface area contributed by atoms with Crippen LogP contribution >= 0.6 is 11.6 Å². The van der Waals surface area contributed by atoms with Gasteiger partial charge in [0.15, 0.2) is 6.61 Å². The molecule has 1 aliphatic heterocycles. The van der Waals surface area contributed by atoms with Crippen molar-refractivity contribution < 1.29 is 19.1 Å². The molecular weight excluding hydrogens is 306 g/mol. The molecule has 0 aliphatic carbocycles. The molecule has 120 valence electrons. The van der Waals surface area contributed by atoms with E-state index in [-0.39, 0.29) is 18.1 Å². The second-order valence-corrected chi connectivity index (χ2v) is 5.65. The summed E-state index contributed by atoms with van der Waals surface area (Å²) in [5.41, 5.74) is 0.260. The summed E-state index contributed by atoms with van der Waals surface area (Å²) in [6.07, 6.45) is 4.30. The second kappa shape index (κ2) is 8.03. The summed E-state index contributed by atoms with van der Waals surface area (Å²) in [7, 11) is 1.45. The highest BCUT2D eigenvalue weighted by atomic mass is 35.5. The summed E-state index contributed by atoms with van der Waals surface area (Å²) in [6.45, 7) is 1.23. The third kappa shape index (κ3) is 4.37. The summed E-state index contributed by atoms with van der Waals surface area (Å²) in [6, 6.07) is 4.64. The summed E-state index contributed by atoms with van der Waals surface area (Å²) in [5, 5.41) is 0.467. The average Bonchev–Trinajstić information content (AvgIpc) is 2.81. The first-order chi connectivity index (χ1) is 10.6. The Morgan fingerprint density at radius 3 is 2.50 bits per heavy atom. The lowest BCUT2D eigenvalue weighted by molar-refractivity contribution is -0.134. The van der Waals surface area contributed by atoms with E-state index in [1.54, 1.807) is 11.0 Å². The first-order valence-corrected chi connectivity index (χ1v) is 7.78. The number of esters is 1. The van der Waals surface area contributed by atoms with Gasteiger partial charge < -0.3 is 14.4 Å². The van der Waals surface area contributed by atoms with Crippen molar-refractivity contribution in [2.45, 2.75) is 25.7 Å². The number of benzene rings is 1. The molecular formula is C16H20ClNO4. The second-order valence-electron chi connectivity index (χ2n) is 5.22. The van der Waals surface area contributed by atoms with Crippen LogP contribution in [0.15, 0.2) is 18.2 Å². The topological polar surface area (TPSA) is 55.8 Å². The fourth-order valence-electron chi connectivity index (χ4n) is 2.45. The van der Waals surface area contributed by atoms with Gasteiger partial charge in [0.1, 0.15) is 11.3 Å². The maximum absolute atomic E-state index is 12.1. The maximum Gasteiger partial charge on any atom is 0.342 e. The monoisotopic (exact) mass is 325 g/mol. The van der Waals surface area contributed by atoms with E-state index in [4.69, 9.17) is 21.1 Å². The Hall–Kier alpha value is -1.75. The molecule has 22 heavy (non-hydrogen) atoms. The Balaban J connectivity index is 1.93. The van der Waals surface area contributed by atoms with Gasteiger partial charge in [0.2, 0.25) is 0 Å². The summed E-state index contributed by atoms with van der Waals surface area (Å²) >= 11 is 5.85. The quantitative estimate of drug-likeness (QED) is 0.799. The van der Waals surface area contributed by atoms with E-state index in [2.05, 4.69) is 0 Å². The third-order valence-electron chi connectivity index (χ3n) is 3.67. The van der Waals surface area contributed by atoms with Crippen molar-refractivity contribution in [1.29, 1.82) is 0 Å². The number of likely N-dealkylation sites (tertiary alicyclic amines) is 1. The van der Waals surface area contributed by atoms with Gasteiger partial charge in [0, 0.05) is 18.1 Å². The van der Waals surface area contributed by atoms with Gasteiger partial charge in [-0.2, -0.15) is 0 Å². The lowest BCUT2D eigenvalue weighted by Gasteiger charge is -2.20. The minimum Gasteiger partial charge on any atom is -0.496 e. The van der Waals surface area contributed by atoms with Gasteiger partial charge in [0.05, 0.1) is 7.11 Å². The van der Waals surface area contributed by atoms with E-state index in [0.717, 1.165) is 38.8 Å². The van der Waals surface area contributed by atoms with Crippen molar-refractivity contribution in [1.82, 2.24) is 4.90 Å². The molecule has 0 saturated carbocycles. The zero-order valence-electron chi connectivity index (χ0n) is 12.6. The molecule has 1 saturated heterocycles. The number of nitrogens with zero attached hydrogens (tertiary/aromatic N) is 1. The molecule has 0 radical (unpaired) electrons. The van der Waals surface area contributed by atoms with E-state index in [1.807, 2.05) is 0 Å². The number of amides is 1. The molecule has 5 nitrogen and oxygen atoms in total. The number of ether oxygens (including phenoxy) is 2. The van der Waals surface area contributed by atoms with Crippen LogP contribution in [0.3, 0.4) is 0 Å².